The van der Waals surface area contributed by atoms with Gasteiger partial charge in [-0.2, -0.15) is 0 Å². The van der Waals surface area contributed by atoms with E-state index in [0.717, 1.165) is 43.0 Å². The molecule has 0 aromatic heterocycles. The summed E-state index contributed by atoms with van der Waals surface area (Å²) >= 11 is 0. The molecule has 0 atom stereocenters. The fourth-order valence-electron chi connectivity index (χ4n) is 3.45. The smallest absolute Gasteiger partial charge is 0.262 e. The van der Waals surface area contributed by atoms with Crippen LogP contribution >= 0.6 is 0 Å². The number of nitrogens with one attached hydrogen (secondary N) is 1. The molecular formula is C20H21FN2O4S. The van der Waals surface area contributed by atoms with Crippen LogP contribution in [0, 0.1) is 11.7 Å². The van der Waals surface area contributed by atoms with Crippen LogP contribution in [0.4, 0.5) is 15.8 Å². The summed E-state index contributed by atoms with van der Waals surface area (Å²) < 4.78 is 46.5. The van der Waals surface area contributed by atoms with E-state index in [1.54, 1.807) is 17.0 Å². The number of aryl methyl sites for hydroxylation is 1. The second kappa shape index (κ2) is 7.09. The summed E-state index contributed by atoms with van der Waals surface area (Å²) in [5, 5.41) is 0. The molecule has 0 unspecified atom stereocenters. The van der Waals surface area contributed by atoms with E-state index < -0.39 is 15.8 Å². The number of sulfonamides is 1. The highest BCUT2D eigenvalue weighted by molar-refractivity contribution is 7.92. The molecule has 0 spiro atoms. The Morgan fingerprint density at radius 1 is 1.21 bits per heavy atom. The number of fused-ring (bicyclic) bond motifs is 1. The van der Waals surface area contributed by atoms with Gasteiger partial charge in [-0.15, -0.1) is 0 Å². The molecule has 0 radical (unpaired) electrons. The van der Waals surface area contributed by atoms with Crippen molar-refractivity contribution in [2.45, 2.75) is 30.6 Å². The Balaban J connectivity index is 1.62. The zero-order valence-electron chi connectivity index (χ0n) is 15.4. The number of benzene rings is 2. The number of amides is 1. The number of methoxy groups -OCH3 is 1. The maximum absolute atomic E-state index is 13.9. The summed E-state index contributed by atoms with van der Waals surface area (Å²) in [6.07, 6.45) is 3.57. The lowest BCUT2D eigenvalue weighted by atomic mass is 10.0. The maximum Gasteiger partial charge on any atom is 0.262 e. The minimum absolute atomic E-state index is 0.0260. The number of anilines is 2. The van der Waals surface area contributed by atoms with Gasteiger partial charge in [0.2, 0.25) is 5.91 Å². The van der Waals surface area contributed by atoms with Gasteiger partial charge in [0.15, 0.2) is 11.6 Å². The van der Waals surface area contributed by atoms with Crippen molar-refractivity contribution < 1.29 is 22.3 Å². The Bertz CT molecular complexity index is 1030. The summed E-state index contributed by atoms with van der Waals surface area (Å²) in [5.74, 6) is -0.578. The predicted molar refractivity (Wildman–Crippen MR) is 104 cm³/mol. The van der Waals surface area contributed by atoms with E-state index in [-0.39, 0.29) is 22.5 Å². The maximum atomic E-state index is 13.9. The topological polar surface area (TPSA) is 75.7 Å². The van der Waals surface area contributed by atoms with Gasteiger partial charge in [-0.3, -0.25) is 9.52 Å². The molecule has 1 aliphatic carbocycles. The van der Waals surface area contributed by atoms with Crippen LogP contribution in [-0.4, -0.2) is 28.0 Å². The molecule has 4 rings (SSSR count). The molecule has 6 nitrogen and oxygen atoms in total. The minimum Gasteiger partial charge on any atom is -0.494 e. The number of carbonyl (C=O) groups is 1. The van der Waals surface area contributed by atoms with Gasteiger partial charge >= 0.3 is 0 Å². The highest BCUT2D eigenvalue weighted by atomic mass is 32.2. The van der Waals surface area contributed by atoms with Gasteiger partial charge in [0.05, 0.1) is 17.7 Å². The van der Waals surface area contributed by atoms with Gasteiger partial charge in [0, 0.05) is 18.2 Å². The SMILES string of the molecule is COc1ccc(S(=O)(=O)Nc2ccc3c(c2)N(C(=O)C2CC2)CCC3)cc1F. The standard InChI is InChI=1S/C20H21FN2O4S/c1-27-19-9-8-16(12-17(19)21)28(25,26)22-15-7-6-13-3-2-10-23(18(13)11-15)20(24)14-4-5-14/h6-9,11-12,14,22H,2-5,10H2,1H3. The average Bonchev–Trinajstić information content (AvgIpc) is 3.52. The molecule has 1 amide bonds. The van der Waals surface area contributed by atoms with Crippen LogP contribution in [0.25, 0.3) is 0 Å². The van der Waals surface area contributed by atoms with E-state index in [0.29, 0.717) is 12.2 Å². The molecule has 0 bridgehead atoms. The highest BCUT2D eigenvalue weighted by Gasteiger charge is 2.35. The first-order valence-corrected chi connectivity index (χ1v) is 10.7. The third kappa shape index (κ3) is 3.56. The van der Waals surface area contributed by atoms with Crippen molar-refractivity contribution in [3.63, 3.8) is 0 Å². The van der Waals surface area contributed by atoms with E-state index in [1.165, 1.54) is 19.2 Å². The molecule has 1 heterocycles. The van der Waals surface area contributed by atoms with E-state index in [4.69, 9.17) is 4.74 Å². The first-order chi connectivity index (χ1) is 13.4. The Kier molecular flexibility index (Phi) is 4.74. The van der Waals surface area contributed by atoms with Crippen molar-refractivity contribution in [1.29, 1.82) is 0 Å². The Morgan fingerprint density at radius 2 is 2.00 bits per heavy atom. The van der Waals surface area contributed by atoms with Crippen LogP contribution in [0.1, 0.15) is 24.8 Å². The van der Waals surface area contributed by atoms with Crippen LogP contribution in [0.2, 0.25) is 0 Å². The number of halogens is 1. The minimum atomic E-state index is -3.98. The fraction of sp³-hybridized carbons (Fsp3) is 0.350. The lowest BCUT2D eigenvalue weighted by Crippen LogP contribution is -2.36. The third-order valence-corrected chi connectivity index (χ3v) is 6.46. The van der Waals surface area contributed by atoms with Gasteiger partial charge in [-0.05, 0) is 61.6 Å². The Morgan fingerprint density at radius 3 is 2.68 bits per heavy atom. The molecule has 2 aromatic rings. The van der Waals surface area contributed by atoms with Crippen LogP contribution in [0.3, 0.4) is 0 Å². The molecular weight excluding hydrogens is 383 g/mol. The molecule has 1 fully saturated rings. The van der Waals surface area contributed by atoms with E-state index in [9.17, 15) is 17.6 Å². The molecule has 1 aliphatic heterocycles. The summed E-state index contributed by atoms with van der Waals surface area (Å²) in [4.78, 5) is 14.1. The third-order valence-electron chi connectivity index (χ3n) is 5.08. The van der Waals surface area contributed by atoms with Crippen molar-refractivity contribution in [3.05, 3.63) is 47.8 Å². The zero-order chi connectivity index (χ0) is 19.9. The molecule has 2 aromatic carbocycles. The summed E-state index contributed by atoms with van der Waals surface area (Å²) in [6.45, 7) is 0.641. The molecule has 0 saturated heterocycles. The van der Waals surface area contributed by atoms with Crippen molar-refractivity contribution >= 4 is 27.3 Å². The van der Waals surface area contributed by atoms with Gasteiger partial charge in [0.25, 0.3) is 10.0 Å². The van der Waals surface area contributed by atoms with Crippen molar-refractivity contribution in [3.8, 4) is 5.75 Å². The van der Waals surface area contributed by atoms with Crippen LogP contribution in [0.5, 0.6) is 5.75 Å². The molecule has 8 heteroatoms. The first-order valence-electron chi connectivity index (χ1n) is 9.20. The molecule has 1 N–H and O–H groups in total. The second-order valence-corrected chi connectivity index (χ2v) is 8.80. The molecule has 148 valence electrons. The Labute approximate surface area is 163 Å². The summed E-state index contributed by atoms with van der Waals surface area (Å²) in [6, 6.07) is 8.67. The monoisotopic (exact) mass is 404 g/mol. The quantitative estimate of drug-likeness (QED) is 0.830. The lowest BCUT2D eigenvalue weighted by Gasteiger charge is -2.30. The summed E-state index contributed by atoms with van der Waals surface area (Å²) in [5.41, 5.74) is 2.12. The number of carbonyl (C=O) groups excluding carboxylic acids is 1. The highest BCUT2D eigenvalue weighted by Crippen LogP contribution is 2.37. The average molecular weight is 404 g/mol. The number of ether oxygens (including phenoxy) is 1. The molecule has 2 aliphatic rings. The largest absolute Gasteiger partial charge is 0.494 e. The van der Waals surface area contributed by atoms with Gasteiger partial charge in [0.1, 0.15) is 0 Å². The van der Waals surface area contributed by atoms with Crippen molar-refractivity contribution in [2.75, 3.05) is 23.3 Å². The zero-order valence-corrected chi connectivity index (χ0v) is 16.3. The molecule has 1 saturated carbocycles. The van der Waals surface area contributed by atoms with E-state index in [2.05, 4.69) is 4.72 Å². The Hall–Kier alpha value is -2.61. The lowest BCUT2D eigenvalue weighted by molar-refractivity contribution is -0.119. The van der Waals surface area contributed by atoms with Gasteiger partial charge < -0.3 is 9.64 Å². The second-order valence-electron chi connectivity index (χ2n) is 7.11. The molecule has 28 heavy (non-hydrogen) atoms. The van der Waals surface area contributed by atoms with Crippen LogP contribution < -0.4 is 14.4 Å². The van der Waals surface area contributed by atoms with Crippen LogP contribution in [0.15, 0.2) is 41.3 Å². The normalized spacial score (nSPS) is 16.4. The number of hydrogen-bond donors (Lipinski definition) is 1. The van der Waals surface area contributed by atoms with Crippen molar-refractivity contribution in [2.24, 2.45) is 5.92 Å². The van der Waals surface area contributed by atoms with E-state index in [1.807, 2.05) is 6.07 Å². The van der Waals surface area contributed by atoms with Gasteiger partial charge in [-0.1, -0.05) is 6.07 Å². The predicted octanol–water partition coefficient (Wildman–Crippen LogP) is 3.32. The van der Waals surface area contributed by atoms with Crippen LogP contribution in [-0.2, 0) is 21.2 Å². The number of nitrogens with zero attached hydrogens (tertiary/aromatic N) is 1. The summed E-state index contributed by atoms with van der Waals surface area (Å²) in [7, 11) is -2.67. The number of hydrogen-bond acceptors (Lipinski definition) is 4. The number of rotatable bonds is 5. The van der Waals surface area contributed by atoms with Gasteiger partial charge in [-0.25, -0.2) is 12.8 Å². The van der Waals surface area contributed by atoms with Crippen molar-refractivity contribution in [1.82, 2.24) is 0 Å². The van der Waals surface area contributed by atoms with E-state index >= 15 is 0 Å². The fourth-order valence-corrected chi connectivity index (χ4v) is 4.51. The first kappa shape index (κ1) is 18.7.